The number of likely N-dealkylation sites (tertiary alicyclic amines) is 1. The fraction of sp³-hybridized carbons (Fsp3) is 0.400. The highest BCUT2D eigenvalue weighted by molar-refractivity contribution is 7.98. The van der Waals surface area contributed by atoms with Gasteiger partial charge in [0.05, 0.1) is 12.2 Å². The van der Waals surface area contributed by atoms with E-state index in [1.807, 2.05) is 53.6 Å². The van der Waals surface area contributed by atoms with E-state index in [1.165, 1.54) is 11.8 Å². The smallest absolute Gasteiger partial charge is 0.256 e. The molecule has 0 atom stereocenters. The first-order valence-electron chi connectivity index (χ1n) is 8.74. The molecule has 0 unspecified atom stereocenters. The van der Waals surface area contributed by atoms with E-state index in [2.05, 4.69) is 4.98 Å². The van der Waals surface area contributed by atoms with Crippen LogP contribution in [0.5, 0.6) is 5.75 Å². The van der Waals surface area contributed by atoms with Gasteiger partial charge in [0.15, 0.2) is 0 Å². The lowest BCUT2D eigenvalue weighted by Gasteiger charge is -2.32. The first kappa shape index (κ1) is 17.8. The van der Waals surface area contributed by atoms with Crippen LogP contribution in [0.1, 0.15) is 29.6 Å². The lowest BCUT2D eigenvalue weighted by atomic mass is 9.93. The van der Waals surface area contributed by atoms with Crippen LogP contribution >= 0.6 is 11.8 Å². The highest BCUT2D eigenvalue weighted by Crippen LogP contribution is 2.24. The molecule has 0 saturated carbocycles. The number of pyridine rings is 1. The number of piperidine rings is 1. The predicted octanol–water partition coefficient (Wildman–Crippen LogP) is 4.12. The molecular weight excluding hydrogens is 332 g/mol. The molecule has 0 N–H and O–H groups in total. The maximum atomic E-state index is 12.7. The van der Waals surface area contributed by atoms with Gasteiger partial charge in [-0.15, -0.1) is 11.8 Å². The zero-order valence-corrected chi connectivity index (χ0v) is 15.4. The van der Waals surface area contributed by atoms with E-state index < -0.39 is 0 Å². The van der Waals surface area contributed by atoms with E-state index in [4.69, 9.17) is 4.74 Å². The number of carbonyl (C=O) groups excluding carboxylic acids is 1. The lowest BCUT2D eigenvalue weighted by Crippen LogP contribution is -2.39. The summed E-state index contributed by atoms with van der Waals surface area (Å²) >= 11 is 1.52. The molecule has 1 aliphatic heterocycles. The molecule has 2 heterocycles. The summed E-state index contributed by atoms with van der Waals surface area (Å²) in [5, 5.41) is 0.811. The van der Waals surface area contributed by atoms with Crippen molar-refractivity contribution in [1.29, 1.82) is 0 Å². The Morgan fingerprint density at radius 3 is 2.68 bits per heavy atom. The molecule has 132 valence electrons. The van der Waals surface area contributed by atoms with Crippen LogP contribution in [0, 0.1) is 5.92 Å². The second kappa shape index (κ2) is 8.90. The Kier molecular flexibility index (Phi) is 6.34. The van der Waals surface area contributed by atoms with Gasteiger partial charge < -0.3 is 9.64 Å². The zero-order chi connectivity index (χ0) is 17.5. The molecule has 1 amide bonds. The summed E-state index contributed by atoms with van der Waals surface area (Å²) in [6.45, 7) is 2.37. The summed E-state index contributed by atoms with van der Waals surface area (Å²) in [6, 6.07) is 13.6. The van der Waals surface area contributed by atoms with Gasteiger partial charge in [-0.3, -0.25) is 4.79 Å². The number of benzene rings is 1. The Hall–Kier alpha value is -2.01. The van der Waals surface area contributed by atoms with Crippen molar-refractivity contribution in [1.82, 2.24) is 9.88 Å². The van der Waals surface area contributed by atoms with Gasteiger partial charge >= 0.3 is 0 Å². The van der Waals surface area contributed by atoms with Crippen molar-refractivity contribution in [3.05, 3.63) is 54.2 Å². The van der Waals surface area contributed by atoms with Crippen molar-refractivity contribution in [3.63, 3.8) is 0 Å². The van der Waals surface area contributed by atoms with Crippen LogP contribution in [0.4, 0.5) is 0 Å². The zero-order valence-electron chi connectivity index (χ0n) is 14.6. The fourth-order valence-electron chi connectivity index (χ4n) is 3.17. The van der Waals surface area contributed by atoms with E-state index >= 15 is 0 Å². The van der Waals surface area contributed by atoms with Gasteiger partial charge in [0.1, 0.15) is 10.8 Å². The minimum absolute atomic E-state index is 0.108. The molecule has 1 saturated heterocycles. The van der Waals surface area contributed by atoms with Crippen LogP contribution in [-0.4, -0.2) is 41.7 Å². The number of hydrogen-bond acceptors (Lipinski definition) is 4. The molecule has 1 aliphatic rings. The highest BCUT2D eigenvalue weighted by atomic mass is 32.2. The third-order valence-electron chi connectivity index (χ3n) is 4.63. The van der Waals surface area contributed by atoms with Gasteiger partial charge in [0, 0.05) is 19.3 Å². The Balaban J connectivity index is 1.46. The average Bonchev–Trinajstić information content (AvgIpc) is 2.69. The van der Waals surface area contributed by atoms with Crippen molar-refractivity contribution in [2.45, 2.75) is 24.3 Å². The SMILES string of the molecule is CSc1ncccc1C(=O)N1CCC(CCOc2ccccc2)CC1. The second-order valence-corrected chi connectivity index (χ2v) is 7.04. The van der Waals surface area contributed by atoms with Gasteiger partial charge in [-0.05, 0) is 55.7 Å². The van der Waals surface area contributed by atoms with Gasteiger partial charge in [-0.1, -0.05) is 18.2 Å². The number of hydrogen-bond donors (Lipinski definition) is 0. The summed E-state index contributed by atoms with van der Waals surface area (Å²) in [5.41, 5.74) is 0.723. The second-order valence-electron chi connectivity index (χ2n) is 6.25. The molecule has 0 aliphatic carbocycles. The largest absolute Gasteiger partial charge is 0.494 e. The third-order valence-corrected chi connectivity index (χ3v) is 5.35. The standard InChI is InChI=1S/C20H24N2O2S/c1-25-19-18(8-5-12-21-19)20(23)22-13-9-16(10-14-22)11-15-24-17-6-3-2-4-7-17/h2-8,12,16H,9-11,13-15H2,1H3. The molecule has 3 rings (SSSR count). The van der Waals surface area contributed by atoms with Crippen LogP contribution in [0.3, 0.4) is 0 Å². The van der Waals surface area contributed by atoms with Crippen molar-refractivity contribution in [3.8, 4) is 5.75 Å². The molecule has 2 aromatic rings. The van der Waals surface area contributed by atoms with Gasteiger partial charge in [0.2, 0.25) is 0 Å². The number of nitrogens with zero attached hydrogens (tertiary/aromatic N) is 2. The highest BCUT2D eigenvalue weighted by Gasteiger charge is 2.25. The Bertz CT molecular complexity index is 685. The molecule has 1 aromatic heterocycles. The number of rotatable bonds is 6. The lowest BCUT2D eigenvalue weighted by molar-refractivity contribution is 0.0675. The molecule has 0 bridgehead atoms. The molecular formula is C20H24N2O2S. The van der Waals surface area contributed by atoms with E-state index in [1.54, 1.807) is 6.20 Å². The molecule has 0 radical (unpaired) electrons. The predicted molar refractivity (Wildman–Crippen MR) is 101 cm³/mol. The topological polar surface area (TPSA) is 42.4 Å². The molecule has 1 aromatic carbocycles. The number of aromatic nitrogens is 1. The molecule has 5 heteroatoms. The van der Waals surface area contributed by atoms with Crippen LogP contribution in [-0.2, 0) is 0 Å². The van der Waals surface area contributed by atoms with E-state index in [0.29, 0.717) is 5.92 Å². The summed E-state index contributed by atoms with van der Waals surface area (Å²) in [6.07, 6.45) is 6.82. The number of ether oxygens (including phenoxy) is 1. The Morgan fingerprint density at radius 1 is 1.20 bits per heavy atom. The van der Waals surface area contributed by atoms with Crippen LogP contribution < -0.4 is 4.74 Å². The van der Waals surface area contributed by atoms with Gasteiger partial charge in [-0.2, -0.15) is 0 Å². The Morgan fingerprint density at radius 2 is 1.96 bits per heavy atom. The normalized spacial score (nSPS) is 15.2. The van der Waals surface area contributed by atoms with Crippen molar-refractivity contribution in [2.75, 3.05) is 26.0 Å². The first-order valence-corrected chi connectivity index (χ1v) is 9.96. The molecule has 25 heavy (non-hydrogen) atoms. The minimum atomic E-state index is 0.108. The maximum Gasteiger partial charge on any atom is 0.256 e. The quantitative estimate of drug-likeness (QED) is 0.730. The van der Waals surface area contributed by atoms with Crippen LogP contribution in [0.2, 0.25) is 0 Å². The van der Waals surface area contributed by atoms with Gasteiger partial charge in [0.25, 0.3) is 5.91 Å². The number of carbonyl (C=O) groups is 1. The third kappa shape index (κ3) is 4.75. The van der Waals surface area contributed by atoms with Crippen LogP contribution in [0.15, 0.2) is 53.7 Å². The van der Waals surface area contributed by atoms with E-state index in [0.717, 1.165) is 55.3 Å². The number of amides is 1. The Labute approximate surface area is 153 Å². The van der Waals surface area contributed by atoms with Crippen molar-refractivity contribution >= 4 is 17.7 Å². The van der Waals surface area contributed by atoms with Crippen molar-refractivity contribution in [2.24, 2.45) is 5.92 Å². The maximum absolute atomic E-state index is 12.7. The molecule has 0 spiro atoms. The summed E-state index contributed by atoms with van der Waals surface area (Å²) in [4.78, 5) is 19.0. The number of thioether (sulfide) groups is 1. The van der Waals surface area contributed by atoms with E-state index in [-0.39, 0.29) is 5.91 Å². The number of para-hydroxylation sites is 1. The first-order chi connectivity index (χ1) is 12.3. The summed E-state index contributed by atoms with van der Waals surface area (Å²) in [7, 11) is 0. The molecule has 4 nitrogen and oxygen atoms in total. The van der Waals surface area contributed by atoms with E-state index in [9.17, 15) is 4.79 Å². The minimum Gasteiger partial charge on any atom is -0.494 e. The van der Waals surface area contributed by atoms with Crippen LogP contribution in [0.25, 0.3) is 0 Å². The van der Waals surface area contributed by atoms with Gasteiger partial charge in [-0.25, -0.2) is 4.98 Å². The molecule has 1 fully saturated rings. The summed E-state index contributed by atoms with van der Waals surface area (Å²) < 4.78 is 5.79. The monoisotopic (exact) mass is 356 g/mol. The fourth-order valence-corrected chi connectivity index (χ4v) is 3.71. The summed E-state index contributed by atoms with van der Waals surface area (Å²) in [5.74, 6) is 1.66. The van der Waals surface area contributed by atoms with Crippen molar-refractivity contribution < 1.29 is 9.53 Å². The average molecular weight is 356 g/mol.